The quantitative estimate of drug-likeness (QED) is 0.0128. The fourth-order valence-electron chi connectivity index (χ4n) is 9.66. The minimum absolute atomic E-state index is 0.0360. The van der Waals surface area contributed by atoms with Crippen molar-refractivity contribution in [3.63, 3.8) is 0 Å². The normalized spacial score (nSPS) is 14.6. The number of carbonyl (C=O) groups excluding carboxylic acids is 3. The Kier molecular flexibility index (Phi) is 46.4. The molecule has 1 unspecified atom stereocenters. The number of aliphatic hydroxyl groups excluding tert-OH is 1. The third-order valence-electron chi connectivity index (χ3n) is 15.7. The first-order chi connectivity index (χ1) is 55.5. The summed E-state index contributed by atoms with van der Waals surface area (Å²) in [5.74, 6) is 0.0214. The van der Waals surface area contributed by atoms with Crippen molar-refractivity contribution in [1.29, 1.82) is 5.26 Å². The number of phenols is 4. The molecule has 0 aliphatic carbocycles. The van der Waals surface area contributed by atoms with Crippen molar-refractivity contribution in [2.75, 3.05) is 29.6 Å². The van der Waals surface area contributed by atoms with Crippen LogP contribution in [-0.2, 0) is 54.4 Å². The zero-order chi connectivity index (χ0) is 87.6. The zero-order valence-electron chi connectivity index (χ0n) is 64.2. The summed E-state index contributed by atoms with van der Waals surface area (Å²) in [6, 6.07) is 45.5. The Morgan fingerprint density at radius 3 is 1.52 bits per heavy atom. The predicted molar refractivity (Wildman–Crippen MR) is 463 cm³/mol. The Hall–Kier alpha value is -8.18. The summed E-state index contributed by atoms with van der Waals surface area (Å²) in [6.07, 6.45) is 4.18. The molecule has 1 atom stereocenters. The number of aromatic hydroxyl groups is 4. The number of nitriles is 1. The predicted octanol–water partition coefficient (Wildman–Crippen LogP) is 16.3. The average molecular weight is 1850 g/mol. The van der Waals surface area contributed by atoms with Gasteiger partial charge in [-0.05, 0) is 188 Å². The number of hydrogen-bond donors (Lipinski definition) is 11. The summed E-state index contributed by atoms with van der Waals surface area (Å²) in [5.41, 5.74) is 3.34. The van der Waals surface area contributed by atoms with Crippen molar-refractivity contribution in [2.45, 2.75) is 148 Å². The van der Waals surface area contributed by atoms with Crippen molar-refractivity contribution >= 4 is 176 Å². The van der Waals surface area contributed by atoms with E-state index in [2.05, 4.69) is 88.3 Å². The molecule has 0 aromatic heterocycles. The van der Waals surface area contributed by atoms with E-state index in [1.165, 1.54) is 82.3 Å². The summed E-state index contributed by atoms with van der Waals surface area (Å²) in [7, 11) is 3.90. The third-order valence-corrected chi connectivity index (χ3v) is 22.0. The molecule has 117 heavy (non-hydrogen) atoms. The Morgan fingerprint density at radius 1 is 0.615 bits per heavy atom. The number of ether oxygens (including phenoxy) is 3. The van der Waals surface area contributed by atoms with Gasteiger partial charge in [0.25, 0.3) is 17.6 Å². The fourth-order valence-corrected chi connectivity index (χ4v) is 14.5. The van der Waals surface area contributed by atoms with Crippen LogP contribution in [-0.4, -0.2) is 150 Å². The first kappa shape index (κ1) is 103. The van der Waals surface area contributed by atoms with Gasteiger partial charge in [0, 0.05) is 59.1 Å². The number of thiol groups is 3. The molecule has 615 valence electrons. The molecule has 5 heterocycles. The van der Waals surface area contributed by atoms with E-state index in [-0.39, 0.29) is 78.5 Å². The van der Waals surface area contributed by atoms with Crippen molar-refractivity contribution in [3.8, 4) is 40.6 Å². The van der Waals surface area contributed by atoms with Crippen LogP contribution in [0.25, 0.3) is 14.5 Å². The van der Waals surface area contributed by atoms with Crippen LogP contribution in [0.5, 0.6) is 34.5 Å². The molecule has 0 amide bonds. The van der Waals surface area contributed by atoms with Gasteiger partial charge >= 0.3 is 48.7 Å². The van der Waals surface area contributed by atoms with Gasteiger partial charge in [0.15, 0.2) is 22.4 Å². The molecule has 5 aliphatic rings. The number of carboxylic acids is 2. The summed E-state index contributed by atoms with van der Waals surface area (Å²) < 4.78 is 50.2. The van der Waals surface area contributed by atoms with Crippen LogP contribution in [0.4, 0.5) is 0 Å². The van der Waals surface area contributed by atoms with Gasteiger partial charge in [-0.1, -0.05) is 112 Å². The molecular formula is C79H82B3BrMnN4O21S8. The topological polar surface area (TPSA) is 374 Å². The van der Waals surface area contributed by atoms with E-state index in [9.17, 15) is 34.1 Å². The van der Waals surface area contributed by atoms with E-state index in [0.717, 1.165) is 62.7 Å². The Labute approximate surface area is 733 Å². The number of phenolic OH excluding ortho intramolecular Hbond substituents is 2. The summed E-state index contributed by atoms with van der Waals surface area (Å²) in [4.78, 5) is 68.2. The van der Waals surface area contributed by atoms with Gasteiger partial charge in [-0.2, -0.15) is 5.26 Å². The van der Waals surface area contributed by atoms with E-state index < -0.39 is 52.2 Å². The van der Waals surface area contributed by atoms with Crippen molar-refractivity contribution in [2.24, 2.45) is 0 Å². The van der Waals surface area contributed by atoms with E-state index in [1.54, 1.807) is 72.4 Å². The Balaban J connectivity index is 0.000000341. The van der Waals surface area contributed by atoms with Gasteiger partial charge in [0.1, 0.15) is 59.8 Å². The van der Waals surface area contributed by atoms with Crippen LogP contribution >= 0.6 is 113 Å². The summed E-state index contributed by atoms with van der Waals surface area (Å²) in [6.45, 7) is 37.3. The second kappa shape index (κ2) is 52.7. The number of nitrogens with zero attached hydrogens (tertiary/aromatic N) is 4. The van der Waals surface area contributed by atoms with Crippen LogP contribution in [0, 0.1) is 31.0 Å². The average Bonchev–Trinajstić information content (AvgIpc) is 1.61. The SMILES string of the molecule is CC1(C)Oc2c(cccc2C(=O)O)S1.CC1(C)Oc2ccccc2S1.N#CCBr.O=C(O)c1cccc(S)c1O.O=Cc1cccc(S)c1O.OCc1cccc(S)c1O.[B]C1CCCO1.[C-]#[N+]CSc1cccc(C=O)c1B1OC(C)(C)C(C)(C)O1.[C-]#[N+]CSc1cccc(C=O)c1O.[C-]#[N+]CSc1cccc2c1B(O)OC2.[O]=[Mn]=[O]. The minimum atomic E-state index is -1.44. The van der Waals surface area contributed by atoms with Gasteiger partial charge in [-0.3, -0.25) is 14.4 Å². The van der Waals surface area contributed by atoms with Crippen LogP contribution < -0.4 is 20.4 Å². The molecule has 0 spiro atoms. The van der Waals surface area contributed by atoms with Crippen molar-refractivity contribution in [3.05, 3.63) is 225 Å². The number of benzene rings is 8. The first-order valence-electron chi connectivity index (χ1n) is 34.2. The summed E-state index contributed by atoms with van der Waals surface area (Å²) >= 11 is 20.5. The second-order valence-corrected chi connectivity index (χ2v) is 33.7. The number of fused-ring (bicyclic) bond motifs is 3. The van der Waals surface area contributed by atoms with Crippen molar-refractivity contribution in [1.82, 2.24) is 0 Å². The maximum atomic E-state index is 11.4. The number of hydrogen-bond acceptors (Lipinski definition) is 28. The number of halogens is 1. The van der Waals surface area contributed by atoms with Gasteiger partial charge in [-0.25, -0.2) is 29.3 Å². The van der Waals surface area contributed by atoms with E-state index in [1.807, 2.05) is 102 Å². The molecule has 5 aliphatic heterocycles. The fraction of sp³-hybridized carbons (Fsp3) is 0.278. The van der Waals surface area contributed by atoms with Gasteiger partial charge in [-0.15, -0.1) is 37.9 Å². The number of aromatic carboxylic acids is 2. The van der Waals surface area contributed by atoms with E-state index in [4.69, 9.17) is 99.3 Å². The number of carbonyl (C=O) groups is 5. The molecule has 0 bridgehead atoms. The number of para-hydroxylation sites is 6. The van der Waals surface area contributed by atoms with Gasteiger partial charge in [0.05, 0.1) is 61.6 Å². The van der Waals surface area contributed by atoms with Crippen LogP contribution in [0.1, 0.15) is 131 Å². The molecular weight excluding hydrogens is 1760 g/mol. The van der Waals surface area contributed by atoms with E-state index in [0.29, 0.717) is 67.8 Å². The third kappa shape index (κ3) is 33.9. The molecule has 38 heteroatoms. The molecule has 0 saturated carbocycles. The van der Waals surface area contributed by atoms with Crippen LogP contribution in [0.3, 0.4) is 0 Å². The molecule has 2 saturated heterocycles. The number of aldehydes is 3. The van der Waals surface area contributed by atoms with Gasteiger partial charge in [0.2, 0.25) is 0 Å². The second-order valence-electron chi connectivity index (χ2n) is 25.3. The maximum absolute atomic E-state index is 11.4. The monoisotopic (exact) mass is 1850 g/mol. The standard InChI is InChI=1S/C15H18BNO3S.C10H10O3S.C9H8BNO2S.C9H7NO2S.C9H10OS.C7H6O3S.C7H8O2S.C7H6O2S.C4H7BO.C2H2BrN.Mn.2O/c1-14(2)15(3,4)20-16(19-14)13-11(9-18)7-6-8-12(13)21-10-17-5;1-10(2)13-8-6(9(11)12)4-3-5-7(8)14-10;1-11-6-14-8-4-2-3-7-5-13-10(12)9(7)8;1-10-6-13-8-4-2-3-7(5-11)9(8)12;1-9(2)10-7-5-3-4-6-8(7)11-9;8-6-4(7(9)10)2-1-3-5(6)11;2*8-4-5-2-1-3-6(10)7(5)9;5-4-2-1-3-6-4;3-1-2-4;;;/h6-9H,10H2,1-4H3;3-5H,1-2H3,(H,11,12);2-4,12H,5-6H2;2-5,12H,6H2;3-6H,1-2H3;1-3,8,11H,(H,9,10);1-3,8-10H,4H2;1-4,9-10H;4H,1-3H2;1H2;;;. The number of thioether (sulfide) groups is 5. The molecule has 8 aromatic rings. The molecule has 8 N–H and O–H groups in total. The Bertz CT molecular complexity index is 4830. The molecule has 25 nitrogen and oxygen atoms in total. The number of alkyl halides is 1. The molecule has 2 fully saturated rings. The van der Waals surface area contributed by atoms with Crippen molar-refractivity contribution < 1.29 is 115 Å². The van der Waals surface area contributed by atoms with Gasteiger partial charge < -0.3 is 83.5 Å². The molecule has 2 radical (unpaired) electrons. The van der Waals surface area contributed by atoms with Crippen LogP contribution in [0.15, 0.2) is 191 Å². The Morgan fingerprint density at radius 2 is 1.05 bits per heavy atom. The zero-order valence-corrected chi connectivity index (χ0v) is 73.7. The van der Waals surface area contributed by atoms with E-state index >= 15 is 0 Å². The number of carboxylic acid groups (broad SMARTS) is 2. The molecule has 8 aromatic carbocycles. The van der Waals surface area contributed by atoms with Crippen LogP contribution in [0.2, 0.25) is 0 Å². The number of aliphatic hydroxyl groups is 1. The number of rotatable bonds is 13. The summed E-state index contributed by atoms with van der Waals surface area (Å²) in [5, 5.41) is 80.5. The molecule has 13 rings (SSSR count). The first-order valence-corrected chi connectivity index (χ1v) is 42.2.